The molecule has 0 aliphatic heterocycles. The first-order chi connectivity index (χ1) is 15.8. The number of fused-ring (bicyclic) bond motifs is 3. The summed E-state index contributed by atoms with van der Waals surface area (Å²) in [5.74, 6) is 0. The van der Waals surface area contributed by atoms with E-state index in [-0.39, 0.29) is 0 Å². The molecule has 5 aromatic carbocycles. The maximum Gasteiger partial charge on any atom is 0.0556 e. The maximum absolute atomic E-state index is 6.69. The summed E-state index contributed by atoms with van der Waals surface area (Å²) in [6, 6.07) is 42.5. The highest BCUT2D eigenvalue weighted by atomic mass is 35.5. The van der Waals surface area contributed by atoms with Gasteiger partial charge in [-0.2, -0.15) is 0 Å². The Balaban J connectivity index is 1.71. The van der Waals surface area contributed by atoms with Crippen LogP contribution in [0.15, 0.2) is 121 Å². The zero-order chi connectivity index (χ0) is 21.5. The fourth-order valence-electron chi connectivity index (χ4n) is 4.63. The summed E-state index contributed by atoms with van der Waals surface area (Å²) in [4.78, 5) is 0. The highest BCUT2D eigenvalue weighted by Crippen LogP contribution is 2.40. The highest BCUT2D eigenvalue weighted by molar-refractivity contribution is 6.38. The molecule has 0 atom stereocenters. The van der Waals surface area contributed by atoms with Crippen LogP contribution in [0.2, 0.25) is 5.02 Å². The normalized spacial score (nSPS) is 11.3. The van der Waals surface area contributed by atoms with Crippen molar-refractivity contribution in [2.75, 3.05) is 0 Å². The van der Waals surface area contributed by atoms with Crippen LogP contribution >= 0.6 is 11.6 Å². The van der Waals surface area contributed by atoms with E-state index >= 15 is 0 Å². The van der Waals surface area contributed by atoms with Gasteiger partial charge in [0.15, 0.2) is 0 Å². The Morgan fingerprint density at radius 2 is 1.16 bits per heavy atom. The van der Waals surface area contributed by atoms with Crippen LogP contribution in [0.4, 0.5) is 0 Å². The van der Waals surface area contributed by atoms with Crippen LogP contribution < -0.4 is 0 Å². The molecule has 1 nitrogen and oxygen atoms in total. The van der Waals surface area contributed by atoms with Crippen LogP contribution in [0, 0.1) is 0 Å². The van der Waals surface area contributed by atoms with Gasteiger partial charge in [-0.25, -0.2) is 0 Å². The fraction of sp³-hybridized carbons (Fsp3) is 0. The standard InChI is InChI=1S/C30H20ClN/c31-26-15-9-17-29-30(26)24-14-7-8-16-27(24)32(29)28-19-18-23(21-10-3-1-4-11-21)20-25(28)22-12-5-2-6-13-22/h1-20H. The van der Waals surface area contributed by atoms with Crippen molar-refractivity contribution in [2.45, 2.75) is 0 Å². The lowest BCUT2D eigenvalue weighted by Crippen LogP contribution is -1.98. The predicted molar refractivity (Wildman–Crippen MR) is 137 cm³/mol. The SMILES string of the molecule is Clc1cccc2c1c1ccccc1n2-c1ccc(-c2ccccc2)cc1-c1ccccc1. The van der Waals surface area contributed by atoms with E-state index in [0.717, 1.165) is 27.1 Å². The number of nitrogens with zero attached hydrogens (tertiary/aromatic N) is 1. The van der Waals surface area contributed by atoms with Crippen LogP contribution in [0.1, 0.15) is 0 Å². The minimum atomic E-state index is 0.777. The van der Waals surface area contributed by atoms with E-state index in [1.54, 1.807) is 0 Å². The molecular weight excluding hydrogens is 410 g/mol. The number of para-hydroxylation sites is 1. The predicted octanol–water partition coefficient (Wildman–Crippen LogP) is 8.77. The molecule has 152 valence electrons. The van der Waals surface area contributed by atoms with Gasteiger partial charge in [0.05, 0.1) is 21.7 Å². The third-order valence-electron chi connectivity index (χ3n) is 6.08. The summed E-state index contributed by atoms with van der Waals surface area (Å²) >= 11 is 6.69. The molecule has 0 unspecified atom stereocenters. The summed E-state index contributed by atoms with van der Waals surface area (Å²) < 4.78 is 2.34. The quantitative estimate of drug-likeness (QED) is 0.265. The van der Waals surface area contributed by atoms with E-state index < -0.39 is 0 Å². The van der Waals surface area contributed by atoms with Crippen molar-refractivity contribution in [2.24, 2.45) is 0 Å². The lowest BCUT2D eigenvalue weighted by molar-refractivity contribution is 1.18. The molecule has 0 aliphatic carbocycles. The largest absolute Gasteiger partial charge is 0.309 e. The summed E-state index contributed by atoms with van der Waals surface area (Å²) in [5.41, 5.74) is 8.20. The number of aromatic nitrogens is 1. The topological polar surface area (TPSA) is 4.93 Å². The molecule has 6 aromatic rings. The second-order valence-corrected chi connectivity index (χ2v) is 8.36. The van der Waals surface area contributed by atoms with Crippen molar-refractivity contribution in [1.82, 2.24) is 4.57 Å². The molecule has 0 fully saturated rings. The highest BCUT2D eigenvalue weighted by Gasteiger charge is 2.17. The van der Waals surface area contributed by atoms with E-state index in [1.807, 2.05) is 12.1 Å². The van der Waals surface area contributed by atoms with Crippen molar-refractivity contribution < 1.29 is 0 Å². The third kappa shape index (κ3) is 3.02. The first-order valence-electron chi connectivity index (χ1n) is 10.7. The van der Waals surface area contributed by atoms with Crippen molar-refractivity contribution in [1.29, 1.82) is 0 Å². The molecule has 32 heavy (non-hydrogen) atoms. The van der Waals surface area contributed by atoms with Gasteiger partial charge in [0, 0.05) is 16.3 Å². The molecule has 0 aliphatic rings. The molecule has 1 heterocycles. The molecule has 0 radical (unpaired) electrons. The Labute approximate surface area is 192 Å². The van der Waals surface area contributed by atoms with E-state index in [2.05, 4.69) is 114 Å². The smallest absolute Gasteiger partial charge is 0.0556 e. The van der Waals surface area contributed by atoms with Gasteiger partial charge in [-0.3, -0.25) is 0 Å². The average Bonchev–Trinajstić information content (AvgIpc) is 3.20. The molecular formula is C30H20ClN. The van der Waals surface area contributed by atoms with Gasteiger partial charge in [0.2, 0.25) is 0 Å². The molecule has 1 aromatic heterocycles. The van der Waals surface area contributed by atoms with Crippen molar-refractivity contribution >= 4 is 33.4 Å². The number of benzene rings is 5. The Morgan fingerprint density at radius 3 is 1.94 bits per heavy atom. The summed E-state index contributed by atoms with van der Waals surface area (Å²) in [6.45, 7) is 0. The van der Waals surface area contributed by atoms with Gasteiger partial charge in [0.25, 0.3) is 0 Å². The summed E-state index contributed by atoms with van der Waals surface area (Å²) in [7, 11) is 0. The summed E-state index contributed by atoms with van der Waals surface area (Å²) in [6.07, 6.45) is 0. The minimum absolute atomic E-state index is 0.777. The fourth-order valence-corrected chi connectivity index (χ4v) is 4.90. The third-order valence-corrected chi connectivity index (χ3v) is 6.39. The average molecular weight is 430 g/mol. The number of hydrogen-bond acceptors (Lipinski definition) is 0. The number of rotatable bonds is 3. The lowest BCUT2D eigenvalue weighted by atomic mass is 9.97. The Kier molecular flexibility index (Phi) is 4.56. The monoisotopic (exact) mass is 429 g/mol. The number of halogens is 1. The molecule has 0 bridgehead atoms. The molecule has 0 N–H and O–H groups in total. The second-order valence-electron chi connectivity index (χ2n) is 7.95. The van der Waals surface area contributed by atoms with E-state index in [4.69, 9.17) is 11.6 Å². The van der Waals surface area contributed by atoms with Crippen molar-refractivity contribution in [3.05, 3.63) is 126 Å². The van der Waals surface area contributed by atoms with Crippen LogP contribution in [-0.4, -0.2) is 4.57 Å². The minimum Gasteiger partial charge on any atom is -0.309 e. The Bertz CT molecular complexity index is 1560. The van der Waals surface area contributed by atoms with Crippen molar-refractivity contribution in [3.63, 3.8) is 0 Å². The lowest BCUT2D eigenvalue weighted by Gasteiger charge is -2.16. The maximum atomic E-state index is 6.69. The zero-order valence-corrected chi connectivity index (χ0v) is 18.1. The van der Waals surface area contributed by atoms with E-state index in [9.17, 15) is 0 Å². The molecule has 0 saturated carbocycles. The van der Waals surface area contributed by atoms with Gasteiger partial charge < -0.3 is 4.57 Å². The Morgan fingerprint density at radius 1 is 0.500 bits per heavy atom. The second kappa shape index (κ2) is 7.71. The van der Waals surface area contributed by atoms with Crippen molar-refractivity contribution in [3.8, 4) is 27.9 Å². The summed E-state index contributed by atoms with van der Waals surface area (Å²) in [5, 5.41) is 3.04. The molecule has 0 spiro atoms. The van der Waals surface area contributed by atoms with Gasteiger partial charge in [-0.15, -0.1) is 0 Å². The van der Waals surface area contributed by atoms with Crippen LogP contribution in [0.25, 0.3) is 49.7 Å². The first kappa shape index (κ1) is 18.9. The first-order valence-corrected chi connectivity index (χ1v) is 11.1. The van der Waals surface area contributed by atoms with Gasteiger partial charge >= 0.3 is 0 Å². The molecule has 2 heteroatoms. The van der Waals surface area contributed by atoms with Gasteiger partial charge in [-0.1, -0.05) is 103 Å². The zero-order valence-electron chi connectivity index (χ0n) is 17.4. The number of hydrogen-bond donors (Lipinski definition) is 0. The van der Waals surface area contributed by atoms with Crippen LogP contribution in [0.5, 0.6) is 0 Å². The molecule has 0 saturated heterocycles. The molecule has 0 amide bonds. The van der Waals surface area contributed by atoms with Crippen LogP contribution in [0.3, 0.4) is 0 Å². The van der Waals surface area contributed by atoms with Gasteiger partial charge in [0.1, 0.15) is 0 Å². The molecule has 6 rings (SSSR count). The van der Waals surface area contributed by atoms with Gasteiger partial charge in [-0.05, 0) is 47.0 Å². The van der Waals surface area contributed by atoms with Crippen LogP contribution in [-0.2, 0) is 0 Å². The Hall–Kier alpha value is -3.81. The van der Waals surface area contributed by atoms with E-state index in [1.165, 1.54) is 27.6 Å². The van der Waals surface area contributed by atoms with E-state index in [0.29, 0.717) is 0 Å².